The maximum Gasteiger partial charge on any atom is 0.227 e. The third-order valence-corrected chi connectivity index (χ3v) is 5.85. The van der Waals surface area contributed by atoms with Crippen LogP contribution in [0.15, 0.2) is 0 Å². The Labute approximate surface area is 110 Å². The molecule has 4 atom stereocenters. The van der Waals surface area contributed by atoms with Crippen LogP contribution in [-0.2, 0) is 4.79 Å². The minimum atomic E-state index is 0.346. The van der Waals surface area contributed by atoms with Gasteiger partial charge < -0.3 is 4.90 Å². The van der Waals surface area contributed by atoms with Crippen molar-refractivity contribution in [1.29, 1.82) is 0 Å². The van der Waals surface area contributed by atoms with E-state index in [9.17, 15) is 4.79 Å². The van der Waals surface area contributed by atoms with Crippen molar-refractivity contribution in [3.8, 4) is 0 Å². The van der Waals surface area contributed by atoms with Crippen LogP contribution in [0, 0.1) is 11.8 Å². The first-order valence-corrected chi connectivity index (χ1v) is 7.89. The van der Waals surface area contributed by atoms with E-state index in [1.165, 1.54) is 58.0 Å². The fraction of sp³-hybridized carbons (Fsp3) is 0.933. The van der Waals surface area contributed by atoms with Gasteiger partial charge >= 0.3 is 0 Å². The zero-order valence-corrected chi connectivity index (χ0v) is 11.2. The molecule has 4 rings (SSSR count). The second-order valence-electron chi connectivity index (χ2n) is 6.76. The first-order valence-electron chi connectivity index (χ1n) is 7.89. The summed E-state index contributed by atoms with van der Waals surface area (Å²) in [6.07, 6.45) is 8.97. The topological polar surface area (TPSA) is 23.6 Å². The Hall–Kier alpha value is -0.570. The standard InChI is InChI=1S/C15H24N2O/c18-15-12-9-11(13-5-2-4-8-17(13)15)10-16-7-3-1-6-14(12)16/h11-14H,1-10H2/t11-,12+,13-,14+/m1/s1. The molecule has 18 heavy (non-hydrogen) atoms. The Balaban J connectivity index is 1.63. The highest BCUT2D eigenvalue weighted by Gasteiger charge is 2.50. The Bertz CT molecular complexity index is 354. The van der Waals surface area contributed by atoms with E-state index in [0.717, 1.165) is 12.5 Å². The highest BCUT2D eigenvalue weighted by Crippen LogP contribution is 2.43. The van der Waals surface area contributed by atoms with Crippen LogP contribution in [0.1, 0.15) is 44.9 Å². The Morgan fingerprint density at radius 1 is 0.944 bits per heavy atom. The van der Waals surface area contributed by atoms with Crippen molar-refractivity contribution in [3.63, 3.8) is 0 Å². The smallest absolute Gasteiger partial charge is 0.227 e. The molecule has 4 aliphatic heterocycles. The number of nitrogens with zero attached hydrogens (tertiary/aromatic N) is 2. The largest absolute Gasteiger partial charge is 0.339 e. The fourth-order valence-electron chi connectivity index (χ4n) is 5.04. The van der Waals surface area contributed by atoms with Crippen LogP contribution < -0.4 is 0 Å². The number of hydrogen-bond donors (Lipinski definition) is 0. The highest BCUT2D eigenvalue weighted by molar-refractivity contribution is 5.81. The van der Waals surface area contributed by atoms with E-state index in [2.05, 4.69) is 9.80 Å². The molecule has 3 nitrogen and oxygen atoms in total. The highest BCUT2D eigenvalue weighted by atomic mass is 16.2. The molecule has 3 heteroatoms. The molecule has 1 amide bonds. The zero-order valence-electron chi connectivity index (χ0n) is 11.2. The molecule has 4 heterocycles. The van der Waals surface area contributed by atoms with Crippen LogP contribution >= 0.6 is 0 Å². The molecule has 4 fully saturated rings. The summed E-state index contributed by atoms with van der Waals surface area (Å²) in [4.78, 5) is 17.7. The van der Waals surface area contributed by atoms with Crippen molar-refractivity contribution in [3.05, 3.63) is 0 Å². The van der Waals surface area contributed by atoms with Crippen molar-refractivity contribution < 1.29 is 4.79 Å². The van der Waals surface area contributed by atoms with E-state index in [1.807, 2.05) is 0 Å². The van der Waals surface area contributed by atoms with Crippen molar-refractivity contribution in [2.75, 3.05) is 19.6 Å². The molecule has 0 aromatic rings. The minimum absolute atomic E-state index is 0.346. The summed E-state index contributed by atoms with van der Waals surface area (Å²) in [5.74, 6) is 1.63. The summed E-state index contributed by atoms with van der Waals surface area (Å²) in [6.45, 7) is 3.57. The minimum Gasteiger partial charge on any atom is -0.339 e. The lowest BCUT2D eigenvalue weighted by Crippen LogP contribution is -2.65. The molecule has 2 bridgehead atoms. The summed E-state index contributed by atoms with van der Waals surface area (Å²) in [6, 6.07) is 1.18. The maximum absolute atomic E-state index is 12.7. The lowest BCUT2D eigenvalue weighted by molar-refractivity contribution is -0.158. The number of hydrogen-bond acceptors (Lipinski definition) is 2. The second-order valence-corrected chi connectivity index (χ2v) is 6.76. The van der Waals surface area contributed by atoms with Gasteiger partial charge in [-0.3, -0.25) is 9.69 Å². The lowest BCUT2D eigenvalue weighted by Gasteiger charge is -2.56. The SMILES string of the molecule is O=C1[C@H]2C[C@H](CN3CCCC[C@@H]23)[C@H]2CCCCN12. The van der Waals surface area contributed by atoms with Gasteiger partial charge in [0, 0.05) is 25.2 Å². The van der Waals surface area contributed by atoms with Crippen LogP contribution in [0.2, 0.25) is 0 Å². The van der Waals surface area contributed by atoms with Gasteiger partial charge in [0.05, 0.1) is 5.92 Å². The number of amides is 1. The zero-order chi connectivity index (χ0) is 12.1. The Kier molecular flexibility index (Phi) is 2.65. The van der Waals surface area contributed by atoms with Crippen molar-refractivity contribution in [2.45, 2.75) is 57.0 Å². The van der Waals surface area contributed by atoms with Gasteiger partial charge in [0.2, 0.25) is 5.91 Å². The van der Waals surface area contributed by atoms with Crippen molar-refractivity contribution >= 4 is 5.91 Å². The molecule has 0 aromatic carbocycles. The summed E-state index contributed by atoms with van der Waals surface area (Å²) in [5.41, 5.74) is 0. The molecule has 0 radical (unpaired) electrons. The molecular formula is C15H24N2O. The fourth-order valence-corrected chi connectivity index (χ4v) is 5.04. The van der Waals surface area contributed by atoms with Gasteiger partial charge in [0.25, 0.3) is 0 Å². The predicted molar refractivity (Wildman–Crippen MR) is 70.2 cm³/mol. The van der Waals surface area contributed by atoms with Crippen LogP contribution in [0.3, 0.4) is 0 Å². The Morgan fingerprint density at radius 3 is 2.61 bits per heavy atom. The summed E-state index contributed by atoms with van der Waals surface area (Å²) in [7, 11) is 0. The predicted octanol–water partition coefficient (Wildman–Crippen LogP) is 1.87. The molecule has 4 saturated heterocycles. The molecule has 0 aliphatic carbocycles. The van der Waals surface area contributed by atoms with E-state index in [0.29, 0.717) is 23.9 Å². The maximum atomic E-state index is 12.7. The number of carbonyl (C=O) groups excluding carboxylic acids is 1. The van der Waals surface area contributed by atoms with E-state index in [4.69, 9.17) is 0 Å². The molecule has 0 N–H and O–H groups in total. The van der Waals surface area contributed by atoms with Crippen molar-refractivity contribution in [2.24, 2.45) is 11.8 Å². The number of rotatable bonds is 0. The summed E-state index contributed by atoms with van der Waals surface area (Å²) < 4.78 is 0. The summed E-state index contributed by atoms with van der Waals surface area (Å²) in [5, 5.41) is 0. The van der Waals surface area contributed by atoms with E-state index in [1.54, 1.807) is 0 Å². The second kappa shape index (κ2) is 4.22. The molecule has 4 aliphatic rings. The van der Waals surface area contributed by atoms with E-state index < -0.39 is 0 Å². The molecular weight excluding hydrogens is 224 g/mol. The quantitative estimate of drug-likeness (QED) is 0.653. The Morgan fingerprint density at radius 2 is 1.72 bits per heavy atom. The first kappa shape index (κ1) is 11.3. The number of piperidine rings is 4. The molecule has 0 saturated carbocycles. The van der Waals surface area contributed by atoms with Crippen LogP contribution in [0.25, 0.3) is 0 Å². The third-order valence-electron chi connectivity index (χ3n) is 5.85. The van der Waals surface area contributed by atoms with Gasteiger partial charge in [0.1, 0.15) is 0 Å². The molecule has 0 unspecified atom stereocenters. The number of carbonyl (C=O) groups is 1. The normalized spacial score (nSPS) is 44.4. The van der Waals surface area contributed by atoms with Crippen LogP contribution in [-0.4, -0.2) is 47.4 Å². The first-order chi connectivity index (χ1) is 8.84. The molecule has 100 valence electrons. The van der Waals surface area contributed by atoms with Crippen LogP contribution in [0.5, 0.6) is 0 Å². The van der Waals surface area contributed by atoms with E-state index >= 15 is 0 Å². The van der Waals surface area contributed by atoms with E-state index in [-0.39, 0.29) is 0 Å². The lowest BCUT2D eigenvalue weighted by atomic mass is 9.70. The third kappa shape index (κ3) is 1.56. The van der Waals surface area contributed by atoms with Gasteiger partial charge in [-0.2, -0.15) is 0 Å². The van der Waals surface area contributed by atoms with Gasteiger partial charge in [0.15, 0.2) is 0 Å². The average Bonchev–Trinajstić information content (AvgIpc) is 2.44. The monoisotopic (exact) mass is 248 g/mol. The molecule has 0 spiro atoms. The van der Waals surface area contributed by atoms with Gasteiger partial charge in [-0.15, -0.1) is 0 Å². The van der Waals surface area contributed by atoms with Gasteiger partial charge in [-0.05, 0) is 51.0 Å². The van der Waals surface area contributed by atoms with Gasteiger partial charge in [-0.1, -0.05) is 6.42 Å². The van der Waals surface area contributed by atoms with Crippen molar-refractivity contribution in [1.82, 2.24) is 9.80 Å². The summed E-state index contributed by atoms with van der Waals surface area (Å²) >= 11 is 0. The average molecular weight is 248 g/mol. The molecule has 0 aromatic heterocycles. The number of fused-ring (bicyclic) bond motifs is 6. The van der Waals surface area contributed by atoms with Crippen LogP contribution in [0.4, 0.5) is 0 Å². The van der Waals surface area contributed by atoms with Gasteiger partial charge in [-0.25, -0.2) is 0 Å².